The van der Waals surface area contributed by atoms with Gasteiger partial charge in [0.25, 0.3) is 11.1 Å². The van der Waals surface area contributed by atoms with Gasteiger partial charge in [0, 0.05) is 43.7 Å². The fraction of sp³-hybridized carbons (Fsp3) is 0.577. The van der Waals surface area contributed by atoms with Crippen molar-refractivity contribution in [1.82, 2.24) is 14.9 Å². The number of ether oxygens (including phenoxy) is 1. The standard InChI is InChI=1S/C26H33F2N3O2S/c1-26(27,28)18-33-25-30-23-17-31(15-11-24(23)34-25)14-10-19-2-4-21(5-3-19)16-22(32)7-6-20-8-12-29-13-9-20/h6-9,12-13,19,21H,2-5,10-11,14-18H2,1H3/b7-6+. The number of carbonyl (C=O) groups is 1. The second kappa shape index (κ2) is 11.5. The topological polar surface area (TPSA) is 55.3 Å². The highest BCUT2D eigenvalue weighted by atomic mass is 32.1. The summed E-state index contributed by atoms with van der Waals surface area (Å²) in [5.74, 6) is -1.44. The van der Waals surface area contributed by atoms with Gasteiger partial charge in [0.05, 0.1) is 5.69 Å². The van der Waals surface area contributed by atoms with Gasteiger partial charge < -0.3 is 4.74 Å². The lowest BCUT2D eigenvalue weighted by atomic mass is 9.78. The zero-order valence-electron chi connectivity index (χ0n) is 19.7. The van der Waals surface area contributed by atoms with Crippen LogP contribution in [0.15, 0.2) is 30.6 Å². The molecule has 0 saturated heterocycles. The third-order valence-electron chi connectivity index (χ3n) is 6.71. The molecular weight excluding hydrogens is 456 g/mol. The molecular formula is C26H33F2N3O2S. The summed E-state index contributed by atoms with van der Waals surface area (Å²) in [6.07, 6.45) is 14.4. The van der Waals surface area contributed by atoms with Gasteiger partial charge in [-0.05, 0) is 67.8 Å². The molecule has 4 rings (SSSR count). The van der Waals surface area contributed by atoms with Gasteiger partial charge in [-0.25, -0.2) is 13.8 Å². The van der Waals surface area contributed by atoms with E-state index in [0.29, 0.717) is 23.5 Å². The molecule has 1 aliphatic carbocycles. The molecule has 3 heterocycles. The van der Waals surface area contributed by atoms with Crippen LogP contribution in [0.4, 0.5) is 8.78 Å². The van der Waals surface area contributed by atoms with E-state index >= 15 is 0 Å². The zero-order chi connectivity index (χ0) is 24.0. The van der Waals surface area contributed by atoms with Crippen LogP contribution in [0.5, 0.6) is 5.19 Å². The number of pyridine rings is 1. The molecule has 0 spiro atoms. The molecule has 8 heteroatoms. The summed E-state index contributed by atoms with van der Waals surface area (Å²) < 4.78 is 31.3. The van der Waals surface area contributed by atoms with Gasteiger partial charge in [-0.3, -0.25) is 14.7 Å². The second-order valence-corrected chi connectivity index (χ2v) is 10.7. The Morgan fingerprint density at radius 1 is 1.24 bits per heavy atom. The van der Waals surface area contributed by atoms with Crippen LogP contribution >= 0.6 is 11.3 Å². The minimum atomic E-state index is -2.85. The van der Waals surface area contributed by atoms with Crippen molar-refractivity contribution in [3.05, 3.63) is 46.7 Å². The first kappa shape index (κ1) is 24.9. The van der Waals surface area contributed by atoms with Crippen LogP contribution in [0, 0.1) is 11.8 Å². The number of nitrogens with zero attached hydrogens (tertiary/aromatic N) is 3. The second-order valence-electron chi connectivity index (χ2n) is 9.69. The fourth-order valence-corrected chi connectivity index (χ4v) is 5.68. The molecule has 0 amide bonds. The van der Waals surface area contributed by atoms with Crippen LogP contribution in [0.2, 0.25) is 0 Å². The molecule has 0 aromatic carbocycles. The number of aromatic nitrogens is 2. The maximum absolute atomic E-state index is 13.0. The average molecular weight is 490 g/mol. The zero-order valence-corrected chi connectivity index (χ0v) is 20.5. The van der Waals surface area contributed by atoms with Crippen molar-refractivity contribution in [2.75, 3.05) is 19.7 Å². The van der Waals surface area contributed by atoms with Crippen molar-refractivity contribution in [1.29, 1.82) is 0 Å². The van der Waals surface area contributed by atoms with E-state index in [1.165, 1.54) is 24.2 Å². The van der Waals surface area contributed by atoms with Gasteiger partial charge >= 0.3 is 0 Å². The normalized spacial score (nSPS) is 21.5. The Hall–Kier alpha value is -2.19. The van der Waals surface area contributed by atoms with Gasteiger partial charge in [-0.1, -0.05) is 30.3 Å². The third kappa shape index (κ3) is 7.67. The minimum absolute atomic E-state index is 0.207. The quantitative estimate of drug-likeness (QED) is 0.395. The van der Waals surface area contributed by atoms with Crippen molar-refractivity contribution in [2.45, 2.75) is 64.3 Å². The molecule has 0 bridgehead atoms. The Kier molecular flexibility index (Phi) is 8.42. The molecule has 1 aliphatic heterocycles. The number of hydrogen-bond acceptors (Lipinski definition) is 6. The SMILES string of the molecule is CC(F)(F)COc1nc2c(s1)CCN(CCC1CCC(CC(=O)/C=C/c3ccncc3)CC1)C2. The van der Waals surface area contributed by atoms with Gasteiger partial charge in [0.1, 0.15) is 0 Å². The number of hydrogen-bond donors (Lipinski definition) is 0. The largest absolute Gasteiger partial charge is 0.464 e. The van der Waals surface area contributed by atoms with Crippen LogP contribution in [0.3, 0.4) is 0 Å². The van der Waals surface area contributed by atoms with Crippen LogP contribution < -0.4 is 4.74 Å². The number of thiazole rings is 1. The molecule has 34 heavy (non-hydrogen) atoms. The number of alkyl halides is 2. The van der Waals surface area contributed by atoms with Gasteiger partial charge in [0.15, 0.2) is 12.4 Å². The molecule has 1 saturated carbocycles. The van der Waals surface area contributed by atoms with Crippen molar-refractivity contribution in [3.8, 4) is 5.19 Å². The summed E-state index contributed by atoms with van der Waals surface area (Å²) in [6.45, 7) is 3.01. The number of rotatable bonds is 10. The van der Waals surface area contributed by atoms with E-state index in [-0.39, 0.29) is 5.78 Å². The van der Waals surface area contributed by atoms with Crippen LogP contribution in [0.25, 0.3) is 6.08 Å². The van der Waals surface area contributed by atoms with E-state index in [9.17, 15) is 13.6 Å². The summed E-state index contributed by atoms with van der Waals surface area (Å²) in [5.41, 5.74) is 1.98. The molecule has 5 nitrogen and oxygen atoms in total. The maximum atomic E-state index is 13.0. The Balaban J connectivity index is 1.15. The number of carbonyl (C=O) groups excluding carboxylic acids is 1. The van der Waals surface area contributed by atoms with Crippen LogP contribution in [-0.4, -0.2) is 46.3 Å². The number of ketones is 1. The highest BCUT2D eigenvalue weighted by Gasteiger charge is 2.27. The van der Waals surface area contributed by atoms with Crippen molar-refractivity contribution in [3.63, 3.8) is 0 Å². The van der Waals surface area contributed by atoms with Crippen LogP contribution in [0.1, 0.15) is 61.6 Å². The van der Waals surface area contributed by atoms with E-state index in [1.807, 2.05) is 18.2 Å². The lowest BCUT2D eigenvalue weighted by Crippen LogP contribution is -2.32. The first-order chi connectivity index (χ1) is 16.3. The smallest absolute Gasteiger partial charge is 0.278 e. The van der Waals surface area contributed by atoms with Gasteiger partial charge in [0.2, 0.25) is 0 Å². The molecule has 0 radical (unpaired) electrons. The Morgan fingerprint density at radius 3 is 2.71 bits per heavy atom. The molecule has 0 atom stereocenters. The molecule has 2 aromatic rings. The fourth-order valence-electron chi connectivity index (χ4n) is 4.78. The molecule has 2 aliphatic rings. The Morgan fingerprint density at radius 2 is 1.97 bits per heavy atom. The first-order valence-corrected chi connectivity index (χ1v) is 13.0. The molecule has 0 unspecified atom stereocenters. The highest BCUT2D eigenvalue weighted by Crippen LogP contribution is 2.34. The van der Waals surface area contributed by atoms with E-state index in [2.05, 4.69) is 14.9 Å². The first-order valence-electron chi connectivity index (χ1n) is 12.2. The molecule has 184 valence electrons. The predicted molar refractivity (Wildman–Crippen MR) is 130 cm³/mol. The van der Waals surface area contributed by atoms with E-state index < -0.39 is 12.5 Å². The van der Waals surface area contributed by atoms with Gasteiger partial charge in [-0.2, -0.15) is 0 Å². The Labute approximate surface area is 204 Å². The number of fused-ring (bicyclic) bond motifs is 1. The summed E-state index contributed by atoms with van der Waals surface area (Å²) in [5, 5.41) is 0.358. The molecule has 1 fully saturated rings. The van der Waals surface area contributed by atoms with Crippen molar-refractivity contribution < 1.29 is 18.3 Å². The van der Waals surface area contributed by atoms with E-state index in [4.69, 9.17) is 4.74 Å². The lowest BCUT2D eigenvalue weighted by Gasteiger charge is -2.31. The minimum Gasteiger partial charge on any atom is -0.464 e. The monoisotopic (exact) mass is 489 g/mol. The van der Waals surface area contributed by atoms with Crippen molar-refractivity contribution in [2.24, 2.45) is 11.8 Å². The highest BCUT2D eigenvalue weighted by molar-refractivity contribution is 7.13. The summed E-state index contributed by atoms with van der Waals surface area (Å²) in [7, 11) is 0. The summed E-state index contributed by atoms with van der Waals surface area (Å²) >= 11 is 1.40. The van der Waals surface area contributed by atoms with E-state index in [0.717, 1.165) is 68.4 Å². The number of halogens is 2. The Bertz CT molecular complexity index is 966. The third-order valence-corrected chi connectivity index (χ3v) is 7.78. The molecule has 2 aromatic heterocycles. The average Bonchev–Trinajstić information content (AvgIpc) is 3.24. The number of allylic oxidation sites excluding steroid dienone is 1. The van der Waals surface area contributed by atoms with Crippen molar-refractivity contribution >= 4 is 23.2 Å². The molecule has 0 N–H and O–H groups in total. The van der Waals surface area contributed by atoms with Crippen LogP contribution in [-0.2, 0) is 17.8 Å². The predicted octanol–water partition coefficient (Wildman–Crippen LogP) is 5.80. The lowest BCUT2D eigenvalue weighted by molar-refractivity contribution is -0.115. The van der Waals surface area contributed by atoms with E-state index in [1.54, 1.807) is 18.5 Å². The summed E-state index contributed by atoms with van der Waals surface area (Å²) in [6, 6.07) is 3.79. The van der Waals surface area contributed by atoms with Gasteiger partial charge in [-0.15, -0.1) is 0 Å². The summed E-state index contributed by atoms with van der Waals surface area (Å²) in [4.78, 5) is 24.4. The maximum Gasteiger partial charge on any atom is 0.278 e.